The zero-order chi connectivity index (χ0) is 22.4. The number of rotatable bonds is 7. The molecular formula is C23H30N4O4. The van der Waals surface area contributed by atoms with Crippen molar-refractivity contribution in [3.8, 4) is 11.5 Å². The van der Waals surface area contributed by atoms with E-state index < -0.39 is 5.92 Å². The second-order valence-corrected chi connectivity index (χ2v) is 7.91. The average Bonchev–Trinajstić information content (AvgIpc) is 3.22. The number of urea groups is 1. The highest BCUT2D eigenvalue weighted by molar-refractivity contribution is 5.83. The summed E-state index contributed by atoms with van der Waals surface area (Å²) in [6.07, 6.45) is 3.42. The zero-order valence-electron chi connectivity index (χ0n) is 18.4. The SMILES string of the molecule is COc1ccc(C2CN(C(=O)NC(C)C)CC2C(=O)NCc2cccnc2)c(OC)c1. The van der Waals surface area contributed by atoms with E-state index >= 15 is 0 Å². The Hall–Kier alpha value is -3.29. The summed E-state index contributed by atoms with van der Waals surface area (Å²) in [5.41, 5.74) is 1.80. The fourth-order valence-corrected chi connectivity index (χ4v) is 3.84. The minimum absolute atomic E-state index is 0.0138. The molecule has 2 heterocycles. The average molecular weight is 427 g/mol. The summed E-state index contributed by atoms with van der Waals surface area (Å²) in [7, 11) is 3.19. The van der Waals surface area contributed by atoms with Gasteiger partial charge in [-0.15, -0.1) is 0 Å². The molecule has 2 unspecified atom stereocenters. The van der Waals surface area contributed by atoms with Crippen LogP contribution in [-0.2, 0) is 11.3 Å². The van der Waals surface area contributed by atoms with Crippen molar-refractivity contribution in [1.29, 1.82) is 0 Å². The molecule has 0 bridgehead atoms. The molecule has 8 heteroatoms. The van der Waals surface area contributed by atoms with Gasteiger partial charge in [-0.1, -0.05) is 12.1 Å². The lowest BCUT2D eigenvalue weighted by atomic mass is 9.87. The predicted octanol–water partition coefficient (Wildman–Crippen LogP) is 2.55. The van der Waals surface area contributed by atoms with Crippen molar-refractivity contribution < 1.29 is 19.1 Å². The van der Waals surface area contributed by atoms with Gasteiger partial charge in [-0.3, -0.25) is 9.78 Å². The fourth-order valence-electron chi connectivity index (χ4n) is 3.84. The first kappa shape index (κ1) is 22.4. The van der Waals surface area contributed by atoms with E-state index in [0.29, 0.717) is 31.1 Å². The topological polar surface area (TPSA) is 92.8 Å². The standard InChI is InChI=1S/C23H30N4O4/c1-15(2)26-23(29)27-13-19(18-8-7-17(30-3)10-21(18)31-4)20(14-27)22(28)25-12-16-6-5-9-24-11-16/h5-11,15,19-20H,12-14H2,1-4H3,(H,25,28)(H,26,29). The predicted molar refractivity (Wildman–Crippen MR) is 117 cm³/mol. The third-order valence-electron chi connectivity index (χ3n) is 5.39. The van der Waals surface area contributed by atoms with E-state index in [9.17, 15) is 9.59 Å². The van der Waals surface area contributed by atoms with Gasteiger partial charge in [0, 0.05) is 55.6 Å². The van der Waals surface area contributed by atoms with Crippen LogP contribution in [0.2, 0.25) is 0 Å². The van der Waals surface area contributed by atoms with Crippen LogP contribution in [0.3, 0.4) is 0 Å². The lowest BCUT2D eigenvalue weighted by Crippen LogP contribution is -2.42. The quantitative estimate of drug-likeness (QED) is 0.710. The first-order chi connectivity index (χ1) is 14.9. The van der Waals surface area contributed by atoms with Gasteiger partial charge in [0.1, 0.15) is 11.5 Å². The molecule has 1 aromatic carbocycles. The Morgan fingerprint density at radius 2 is 2.00 bits per heavy atom. The number of pyridine rings is 1. The van der Waals surface area contributed by atoms with Gasteiger partial charge in [-0.2, -0.15) is 0 Å². The van der Waals surface area contributed by atoms with Crippen LogP contribution in [-0.4, -0.2) is 55.2 Å². The van der Waals surface area contributed by atoms with Crippen molar-refractivity contribution in [2.45, 2.75) is 32.4 Å². The number of ether oxygens (including phenoxy) is 2. The molecule has 1 saturated heterocycles. The number of carbonyl (C=O) groups is 2. The van der Waals surface area contributed by atoms with Gasteiger partial charge in [0.2, 0.25) is 5.91 Å². The van der Waals surface area contributed by atoms with E-state index in [4.69, 9.17) is 9.47 Å². The van der Waals surface area contributed by atoms with Gasteiger partial charge in [0.25, 0.3) is 0 Å². The summed E-state index contributed by atoms with van der Waals surface area (Å²) >= 11 is 0. The molecule has 1 fully saturated rings. The summed E-state index contributed by atoms with van der Waals surface area (Å²) < 4.78 is 10.9. The van der Waals surface area contributed by atoms with Gasteiger partial charge in [-0.25, -0.2) is 4.79 Å². The molecule has 1 aliphatic heterocycles. The molecule has 2 atom stereocenters. The maximum Gasteiger partial charge on any atom is 0.317 e. The molecule has 8 nitrogen and oxygen atoms in total. The van der Waals surface area contributed by atoms with Gasteiger partial charge in [0.05, 0.1) is 20.1 Å². The Kier molecular flexibility index (Phi) is 7.33. The van der Waals surface area contributed by atoms with Crippen LogP contribution in [0.15, 0.2) is 42.7 Å². The zero-order valence-corrected chi connectivity index (χ0v) is 18.4. The largest absolute Gasteiger partial charge is 0.497 e. The van der Waals surface area contributed by atoms with Crippen LogP contribution < -0.4 is 20.1 Å². The van der Waals surface area contributed by atoms with Crippen LogP contribution in [0.25, 0.3) is 0 Å². The van der Waals surface area contributed by atoms with Crippen molar-refractivity contribution in [3.63, 3.8) is 0 Å². The number of methoxy groups -OCH3 is 2. The molecule has 166 valence electrons. The first-order valence-electron chi connectivity index (χ1n) is 10.4. The molecule has 0 radical (unpaired) electrons. The third kappa shape index (κ3) is 5.45. The van der Waals surface area contributed by atoms with Gasteiger partial charge in [0.15, 0.2) is 0 Å². The van der Waals surface area contributed by atoms with Crippen LogP contribution in [0, 0.1) is 5.92 Å². The van der Waals surface area contributed by atoms with Crippen LogP contribution in [0.4, 0.5) is 4.79 Å². The molecule has 1 aliphatic rings. The number of likely N-dealkylation sites (tertiary alicyclic amines) is 1. The summed E-state index contributed by atoms with van der Waals surface area (Å²) in [4.78, 5) is 31.6. The highest BCUT2D eigenvalue weighted by Gasteiger charge is 2.41. The highest BCUT2D eigenvalue weighted by atomic mass is 16.5. The molecule has 31 heavy (non-hydrogen) atoms. The number of nitrogens with one attached hydrogen (secondary N) is 2. The Balaban J connectivity index is 1.84. The maximum absolute atomic E-state index is 13.2. The number of nitrogens with zero attached hydrogens (tertiary/aromatic N) is 2. The van der Waals surface area contributed by atoms with Crippen molar-refractivity contribution in [3.05, 3.63) is 53.9 Å². The maximum atomic E-state index is 13.2. The Morgan fingerprint density at radius 1 is 1.19 bits per heavy atom. The molecule has 0 aliphatic carbocycles. The fraction of sp³-hybridized carbons (Fsp3) is 0.435. The van der Waals surface area contributed by atoms with Crippen molar-refractivity contribution in [2.75, 3.05) is 27.3 Å². The molecular weight excluding hydrogens is 396 g/mol. The highest BCUT2D eigenvalue weighted by Crippen LogP contribution is 2.39. The van der Waals surface area contributed by atoms with Crippen LogP contribution in [0.1, 0.15) is 30.9 Å². The summed E-state index contributed by atoms with van der Waals surface area (Å²) in [5.74, 6) is 0.599. The van der Waals surface area contributed by atoms with Crippen molar-refractivity contribution in [2.24, 2.45) is 5.92 Å². The molecule has 2 N–H and O–H groups in total. The Bertz CT molecular complexity index is 904. The number of hydrogen-bond donors (Lipinski definition) is 2. The molecule has 0 saturated carbocycles. The van der Waals surface area contributed by atoms with E-state index in [1.807, 2.05) is 38.1 Å². The smallest absolute Gasteiger partial charge is 0.317 e. The number of amides is 3. The number of hydrogen-bond acceptors (Lipinski definition) is 5. The summed E-state index contributed by atoms with van der Waals surface area (Å²) in [5, 5.41) is 5.91. The number of benzene rings is 1. The Morgan fingerprint density at radius 3 is 2.65 bits per heavy atom. The van der Waals surface area contributed by atoms with E-state index in [1.165, 1.54) is 0 Å². The minimum Gasteiger partial charge on any atom is -0.497 e. The molecule has 1 aromatic heterocycles. The molecule has 2 aromatic rings. The van der Waals surface area contributed by atoms with Gasteiger partial charge < -0.3 is 25.0 Å². The van der Waals surface area contributed by atoms with E-state index in [1.54, 1.807) is 37.6 Å². The molecule has 0 spiro atoms. The van der Waals surface area contributed by atoms with E-state index in [-0.39, 0.29) is 23.9 Å². The van der Waals surface area contributed by atoms with Crippen LogP contribution >= 0.6 is 0 Å². The lowest BCUT2D eigenvalue weighted by Gasteiger charge is -2.21. The molecule has 3 rings (SSSR count). The van der Waals surface area contributed by atoms with E-state index in [0.717, 1.165) is 11.1 Å². The second-order valence-electron chi connectivity index (χ2n) is 7.91. The monoisotopic (exact) mass is 426 g/mol. The third-order valence-corrected chi connectivity index (χ3v) is 5.39. The lowest BCUT2D eigenvalue weighted by molar-refractivity contribution is -0.125. The number of carbonyl (C=O) groups excluding carboxylic acids is 2. The molecule has 3 amide bonds. The van der Waals surface area contributed by atoms with Gasteiger partial charge in [-0.05, 0) is 31.5 Å². The summed E-state index contributed by atoms with van der Waals surface area (Å²) in [6.45, 7) is 4.96. The summed E-state index contributed by atoms with van der Waals surface area (Å²) in [6, 6.07) is 9.15. The number of aromatic nitrogens is 1. The van der Waals surface area contributed by atoms with E-state index in [2.05, 4.69) is 15.6 Å². The van der Waals surface area contributed by atoms with Crippen LogP contribution in [0.5, 0.6) is 11.5 Å². The van der Waals surface area contributed by atoms with Gasteiger partial charge >= 0.3 is 6.03 Å². The normalized spacial score (nSPS) is 18.0. The van der Waals surface area contributed by atoms with Crippen molar-refractivity contribution in [1.82, 2.24) is 20.5 Å². The first-order valence-corrected chi connectivity index (χ1v) is 10.4. The second kappa shape index (κ2) is 10.1. The minimum atomic E-state index is -0.406. The van der Waals surface area contributed by atoms with Crippen molar-refractivity contribution >= 4 is 11.9 Å². The Labute approximate surface area is 182 Å².